The molecule has 0 radical (unpaired) electrons. The maximum absolute atomic E-state index is 11.8. The average Bonchev–Trinajstić information content (AvgIpc) is 2.13. The van der Waals surface area contributed by atoms with Crippen molar-refractivity contribution in [2.45, 2.75) is 58.1 Å². The summed E-state index contributed by atoms with van der Waals surface area (Å²) in [6.45, 7) is 5.75. The van der Waals surface area contributed by atoms with Crippen molar-refractivity contribution < 1.29 is 14.6 Å². The Hall–Kier alpha value is -0.810. The molecule has 94 valence electrons. The van der Waals surface area contributed by atoms with E-state index in [2.05, 4.69) is 5.32 Å². The molecule has 5 nitrogen and oxygen atoms in total. The van der Waals surface area contributed by atoms with E-state index < -0.39 is 6.29 Å². The third kappa shape index (κ3) is 3.64. The summed E-state index contributed by atoms with van der Waals surface area (Å²) >= 11 is 0. The smallest absolute Gasteiger partial charge is 0.317 e. The van der Waals surface area contributed by atoms with Crippen LogP contribution in [0.25, 0.3) is 0 Å². The number of aliphatic hydroxyl groups excluding tert-OH is 1. The fourth-order valence-electron chi connectivity index (χ4n) is 1.92. The molecule has 0 saturated carbocycles. The summed E-state index contributed by atoms with van der Waals surface area (Å²) in [6.07, 6.45) is 0.469. The number of hydrogen-bond acceptors (Lipinski definition) is 3. The Kier molecular flexibility index (Phi) is 4.56. The fraction of sp³-hybridized carbons (Fsp3) is 0.909. The van der Waals surface area contributed by atoms with Crippen molar-refractivity contribution in [1.29, 1.82) is 0 Å². The van der Waals surface area contributed by atoms with Crippen molar-refractivity contribution in [3.8, 4) is 0 Å². The van der Waals surface area contributed by atoms with Crippen molar-refractivity contribution in [3.05, 3.63) is 0 Å². The second kappa shape index (κ2) is 5.50. The molecule has 3 atom stereocenters. The molecule has 0 aromatic carbocycles. The Labute approximate surface area is 96.8 Å². The van der Waals surface area contributed by atoms with Crippen LogP contribution in [0.2, 0.25) is 0 Å². The highest BCUT2D eigenvalue weighted by molar-refractivity contribution is 5.74. The predicted octanol–water partition coefficient (Wildman–Crippen LogP) is 0.922. The number of rotatable bonds is 2. The van der Waals surface area contributed by atoms with Gasteiger partial charge in [0.15, 0.2) is 6.29 Å². The summed E-state index contributed by atoms with van der Waals surface area (Å²) in [6, 6.07) is 0.0657. The van der Waals surface area contributed by atoms with Gasteiger partial charge in [0, 0.05) is 25.6 Å². The highest BCUT2D eigenvalue weighted by Gasteiger charge is 2.30. The summed E-state index contributed by atoms with van der Waals surface area (Å²) in [5.74, 6) is 0. The number of aliphatic hydroxyl groups is 1. The molecule has 2 amide bonds. The molecule has 1 heterocycles. The Morgan fingerprint density at radius 2 is 2.12 bits per heavy atom. The molecule has 5 heteroatoms. The first-order chi connectivity index (χ1) is 7.40. The molecule has 0 aromatic rings. The summed E-state index contributed by atoms with van der Waals surface area (Å²) < 4.78 is 5.22. The molecule has 1 rings (SSSR count). The Balaban J connectivity index is 2.52. The van der Waals surface area contributed by atoms with Gasteiger partial charge in [-0.1, -0.05) is 0 Å². The number of amides is 2. The monoisotopic (exact) mass is 230 g/mol. The molecule has 1 saturated heterocycles. The molecule has 1 aliphatic heterocycles. The molecular weight excluding hydrogens is 208 g/mol. The van der Waals surface area contributed by atoms with E-state index in [1.54, 1.807) is 11.9 Å². The molecule has 16 heavy (non-hydrogen) atoms. The predicted molar refractivity (Wildman–Crippen MR) is 61.0 cm³/mol. The van der Waals surface area contributed by atoms with Crippen LogP contribution in [0.3, 0.4) is 0 Å². The molecular formula is C11H22N2O3. The molecule has 0 bridgehead atoms. The van der Waals surface area contributed by atoms with Gasteiger partial charge >= 0.3 is 6.03 Å². The van der Waals surface area contributed by atoms with E-state index >= 15 is 0 Å². The van der Waals surface area contributed by atoms with Gasteiger partial charge in [0.05, 0.1) is 6.10 Å². The molecule has 0 aliphatic carbocycles. The van der Waals surface area contributed by atoms with Gasteiger partial charge in [0.25, 0.3) is 0 Å². The van der Waals surface area contributed by atoms with E-state index in [0.29, 0.717) is 6.42 Å². The van der Waals surface area contributed by atoms with Crippen molar-refractivity contribution in [2.24, 2.45) is 0 Å². The van der Waals surface area contributed by atoms with Gasteiger partial charge in [0.2, 0.25) is 0 Å². The fourth-order valence-corrected chi connectivity index (χ4v) is 1.92. The third-order valence-electron chi connectivity index (χ3n) is 2.75. The van der Waals surface area contributed by atoms with E-state index in [-0.39, 0.29) is 24.2 Å². The molecule has 2 N–H and O–H groups in total. The minimum absolute atomic E-state index is 0.0111. The van der Waals surface area contributed by atoms with Gasteiger partial charge in [-0.2, -0.15) is 0 Å². The summed E-state index contributed by atoms with van der Waals surface area (Å²) in [7, 11) is 1.76. The average molecular weight is 230 g/mol. The second-order valence-corrected chi connectivity index (χ2v) is 4.74. The minimum Gasteiger partial charge on any atom is -0.368 e. The second-order valence-electron chi connectivity index (χ2n) is 4.74. The summed E-state index contributed by atoms with van der Waals surface area (Å²) in [4.78, 5) is 13.4. The molecule has 1 aliphatic rings. The van der Waals surface area contributed by atoms with Crippen LogP contribution in [0.1, 0.15) is 33.6 Å². The van der Waals surface area contributed by atoms with E-state index in [9.17, 15) is 9.90 Å². The highest BCUT2D eigenvalue weighted by Crippen LogP contribution is 2.21. The van der Waals surface area contributed by atoms with Crippen LogP contribution in [-0.2, 0) is 4.74 Å². The minimum atomic E-state index is -0.761. The van der Waals surface area contributed by atoms with Crippen LogP contribution in [-0.4, -0.2) is 47.6 Å². The quantitative estimate of drug-likeness (QED) is 0.741. The number of nitrogens with one attached hydrogen (secondary N) is 1. The van der Waals surface area contributed by atoms with E-state index in [4.69, 9.17) is 4.74 Å². The van der Waals surface area contributed by atoms with Gasteiger partial charge in [-0.3, -0.25) is 0 Å². The van der Waals surface area contributed by atoms with Crippen molar-refractivity contribution in [3.63, 3.8) is 0 Å². The van der Waals surface area contributed by atoms with Crippen molar-refractivity contribution in [1.82, 2.24) is 10.2 Å². The molecule has 1 fully saturated rings. The highest BCUT2D eigenvalue weighted by atomic mass is 16.6. The van der Waals surface area contributed by atoms with E-state index in [1.807, 2.05) is 20.8 Å². The van der Waals surface area contributed by atoms with Gasteiger partial charge < -0.3 is 20.1 Å². The Morgan fingerprint density at radius 1 is 1.50 bits per heavy atom. The first-order valence-electron chi connectivity index (χ1n) is 5.77. The van der Waals surface area contributed by atoms with E-state index in [1.165, 1.54) is 0 Å². The van der Waals surface area contributed by atoms with Crippen molar-refractivity contribution >= 4 is 6.03 Å². The van der Waals surface area contributed by atoms with Gasteiger partial charge in [0.1, 0.15) is 0 Å². The van der Waals surface area contributed by atoms with Crippen LogP contribution < -0.4 is 5.32 Å². The third-order valence-corrected chi connectivity index (χ3v) is 2.75. The SMILES string of the molecule is CC(C)NC(=O)N(C)C1CC(O)O[C@H](C)C1. The molecule has 0 spiro atoms. The zero-order valence-corrected chi connectivity index (χ0v) is 10.4. The Bertz CT molecular complexity index is 235. The van der Waals surface area contributed by atoms with Gasteiger partial charge in [-0.15, -0.1) is 0 Å². The summed E-state index contributed by atoms with van der Waals surface area (Å²) in [5.41, 5.74) is 0. The maximum atomic E-state index is 11.8. The Morgan fingerprint density at radius 3 is 2.62 bits per heavy atom. The lowest BCUT2D eigenvalue weighted by Gasteiger charge is -2.36. The topological polar surface area (TPSA) is 61.8 Å². The number of hydrogen-bond donors (Lipinski definition) is 2. The van der Waals surface area contributed by atoms with Crippen LogP contribution in [0.4, 0.5) is 4.79 Å². The number of carbonyl (C=O) groups is 1. The van der Waals surface area contributed by atoms with Gasteiger partial charge in [-0.25, -0.2) is 4.79 Å². The number of urea groups is 1. The maximum Gasteiger partial charge on any atom is 0.317 e. The summed E-state index contributed by atoms with van der Waals surface area (Å²) in [5, 5.41) is 12.3. The number of ether oxygens (including phenoxy) is 1. The number of carbonyl (C=O) groups excluding carboxylic acids is 1. The van der Waals surface area contributed by atoms with Crippen LogP contribution in [0, 0.1) is 0 Å². The lowest BCUT2D eigenvalue weighted by Crippen LogP contribution is -2.50. The van der Waals surface area contributed by atoms with Gasteiger partial charge in [-0.05, 0) is 27.2 Å². The van der Waals surface area contributed by atoms with Crippen LogP contribution in [0.15, 0.2) is 0 Å². The zero-order chi connectivity index (χ0) is 12.3. The first-order valence-corrected chi connectivity index (χ1v) is 5.77. The van der Waals surface area contributed by atoms with Crippen molar-refractivity contribution in [2.75, 3.05) is 7.05 Å². The van der Waals surface area contributed by atoms with Crippen LogP contribution >= 0.6 is 0 Å². The zero-order valence-electron chi connectivity index (χ0n) is 10.4. The standard InChI is InChI=1S/C11H22N2O3/c1-7(2)12-11(15)13(4)9-5-8(3)16-10(14)6-9/h7-10,14H,5-6H2,1-4H3,(H,12,15)/t8-,9?,10?/m1/s1. The van der Waals surface area contributed by atoms with E-state index in [0.717, 1.165) is 6.42 Å². The largest absolute Gasteiger partial charge is 0.368 e. The normalized spacial score (nSPS) is 30.2. The number of nitrogens with zero attached hydrogens (tertiary/aromatic N) is 1. The lowest BCUT2D eigenvalue weighted by atomic mass is 10.0. The van der Waals surface area contributed by atoms with Crippen LogP contribution in [0.5, 0.6) is 0 Å². The molecule has 2 unspecified atom stereocenters. The molecule has 0 aromatic heterocycles. The lowest BCUT2D eigenvalue weighted by molar-refractivity contribution is -0.170. The first kappa shape index (κ1) is 13.3.